The number of rotatable bonds is 7. The Morgan fingerprint density at radius 1 is 1.42 bits per heavy atom. The van der Waals surface area contributed by atoms with Crippen molar-refractivity contribution in [3.05, 3.63) is 29.3 Å². The van der Waals surface area contributed by atoms with Gasteiger partial charge in [-0.2, -0.15) is 0 Å². The van der Waals surface area contributed by atoms with Crippen molar-refractivity contribution in [3.63, 3.8) is 0 Å². The van der Waals surface area contributed by atoms with Crippen LogP contribution < -0.4 is 15.1 Å². The Balaban J connectivity index is 1.74. The number of hydrogen-bond donors (Lipinski definition) is 3. The van der Waals surface area contributed by atoms with Gasteiger partial charge in [-0.05, 0) is 24.3 Å². The van der Waals surface area contributed by atoms with E-state index in [1.165, 1.54) is 6.54 Å². The average Bonchev–Trinajstić information content (AvgIpc) is 2.49. The molecule has 0 aromatic heterocycles. The second kappa shape index (κ2) is 9.37. The van der Waals surface area contributed by atoms with Gasteiger partial charge in [-0.15, -0.1) is 0 Å². The minimum atomic E-state index is 0.0111. The lowest BCUT2D eigenvalue weighted by Gasteiger charge is -2.31. The second-order valence-corrected chi connectivity index (χ2v) is 7.62. The number of carbonyl (C=O) groups is 1. The van der Waals surface area contributed by atoms with E-state index in [9.17, 15) is 4.79 Å². The average molecular weight is 356 g/mol. The van der Waals surface area contributed by atoms with E-state index in [-0.39, 0.29) is 12.0 Å². The maximum Gasteiger partial charge on any atom is 0.279 e. The van der Waals surface area contributed by atoms with Crippen LogP contribution in [0.5, 0.6) is 0 Å². The molecule has 0 saturated carbocycles. The third-order valence-electron chi connectivity index (χ3n) is 4.19. The van der Waals surface area contributed by atoms with E-state index in [4.69, 9.17) is 16.3 Å². The van der Waals surface area contributed by atoms with Crippen molar-refractivity contribution in [1.82, 2.24) is 0 Å². The molecule has 1 aliphatic heterocycles. The molecule has 1 aromatic rings. The number of halogens is 1. The Bertz CT molecular complexity index is 522. The highest BCUT2D eigenvalue weighted by molar-refractivity contribution is 6.30. The number of amides is 1. The molecule has 1 amide bonds. The van der Waals surface area contributed by atoms with Gasteiger partial charge in [0.2, 0.25) is 0 Å². The fourth-order valence-corrected chi connectivity index (χ4v) is 3.35. The van der Waals surface area contributed by atoms with Crippen LogP contribution >= 0.6 is 11.6 Å². The van der Waals surface area contributed by atoms with Gasteiger partial charge in [0.15, 0.2) is 12.6 Å². The van der Waals surface area contributed by atoms with E-state index in [0.29, 0.717) is 17.5 Å². The molecule has 0 bridgehead atoms. The standard InChI is InChI=1S/C18H28ClN3O2/c1-14(2)10-22-8-9-24-17(12-22)11-21(3)13-18(23)20-16-6-4-15(19)5-7-16/h4-7,14,17H,8-13H2,1-3H3,(H,20,23)/p+2/t17-/m1/s1. The Kier molecular flexibility index (Phi) is 7.49. The minimum absolute atomic E-state index is 0.0111. The first-order chi connectivity index (χ1) is 11.4. The molecule has 1 aromatic carbocycles. The fraction of sp³-hybridized carbons (Fsp3) is 0.611. The molecule has 6 heteroatoms. The first-order valence-electron chi connectivity index (χ1n) is 8.74. The lowest BCUT2D eigenvalue weighted by atomic mass is 10.1. The lowest BCUT2D eigenvalue weighted by molar-refractivity contribution is -0.926. The number of anilines is 1. The van der Waals surface area contributed by atoms with Gasteiger partial charge in [0.25, 0.3) is 5.91 Å². The Morgan fingerprint density at radius 2 is 2.12 bits per heavy atom. The van der Waals surface area contributed by atoms with Gasteiger partial charge in [0, 0.05) is 16.6 Å². The number of ether oxygens (including phenoxy) is 1. The molecule has 1 aliphatic rings. The van der Waals surface area contributed by atoms with Crippen molar-refractivity contribution in [3.8, 4) is 0 Å². The molecule has 2 unspecified atom stereocenters. The van der Waals surface area contributed by atoms with Crippen LogP contribution in [0.4, 0.5) is 5.69 Å². The first-order valence-corrected chi connectivity index (χ1v) is 9.12. The molecule has 0 aliphatic carbocycles. The molecule has 24 heavy (non-hydrogen) atoms. The van der Waals surface area contributed by atoms with Crippen LogP contribution in [0.3, 0.4) is 0 Å². The highest BCUT2D eigenvalue weighted by Crippen LogP contribution is 2.12. The van der Waals surface area contributed by atoms with E-state index in [2.05, 4.69) is 19.2 Å². The maximum atomic E-state index is 12.1. The van der Waals surface area contributed by atoms with E-state index in [1.807, 2.05) is 19.2 Å². The molecule has 1 fully saturated rings. The van der Waals surface area contributed by atoms with Gasteiger partial charge >= 0.3 is 0 Å². The topological polar surface area (TPSA) is 47.2 Å². The summed E-state index contributed by atoms with van der Waals surface area (Å²) in [5, 5.41) is 3.57. The molecule has 3 N–H and O–H groups in total. The van der Waals surface area contributed by atoms with Crippen molar-refractivity contribution in [2.45, 2.75) is 20.0 Å². The van der Waals surface area contributed by atoms with Crippen molar-refractivity contribution in [2.75, 3.05) is 51.7 Å². The summed E-state index contributed by atoms with van der Waals surface area (Å²) in [5.74, 6) is 0.714. The zero-order valence-corrected chi connectivity index (χ0v) is 15.7. The normalized spacial score (nSPS) is 22.4. The van der Waals surface area contributed by atoms with Crippen molar-refractivity contribution >= 4 is 23.2 Å². The van der Waals surface area contributed by atoms with Crippen molar-refractivity contribution in [2.24, 2.45) is 5.92 Å². The summed E-state index contributed by atoms with van der Waals surface area (Å²) < 4.78 is 5.89. The summed E-state index contributed by atoms with van der Waals surface area (Å²) in [4.78, 5) is 14.9. The zero-order chi connectivity index (χ0) is 17.5. The molecule has 1 saturated heterocycles. The van der Waals surface area contributed by atoms with Crippen LogP contribution in [0.15, 0.2) is 24.3 Å². The highest BCUT2D eigenvalue weighted by atomic mass is 35.5. The van der Waals surface area contributed by atoms with Gasteiger partial charge in [0.1, 0.15) is 19.6 Å². The van der Waals surface area contributed by atoms with Gasteiger partial charge in [0.05, 0.1) is 20.2 Å². The molecule has 5 nitrogen and oxygen atoms in total. The second-order valence-electron chi connectivity index (χ2n) is 7.19. The smallest absolute Gasteiger partial charge is 0.279 e. The van der Waals surface area contributed by atoms with Gasteiger partial charge in [-0.25, -0.2) is 0 Å². The van der Waals surface area contributed by atoms with E-state index >= 15 is 0 Å². The van der Waals surface area contributed by atoms with Gasteiger partial charge in [-0.3, -0.25) is 4.79 Å². The molecule has 2 rings (SSSR count). The summed E-state index contributed by atoms with van der Waals surface area (Å²) >= 11 is 5.85. The first kappa shape index (κ1) is 19.2. The highest BCUT2D eigenvalue weighted by Gasteiger charge is 2.27. The largest absolute Gasteiger partial charge is 0.361 e. The van der Waals surface area contributed by atoms with E-state index in [0.717, 1.165) is 36.8 Å². The number of hydrogen-bond acceptors (Lipinski definition) is 2. The van der Waals surface area contributed by atoms with Crippen LogP contribution in [0.2, 0.25) is 5.02 Å². The third kappa shape index (κ3) is 6.77. The maximum absolute atomic E-state index is 12.1. The number of likely N-dealkylation sites (N-methyl/N-ethyl adjacent to an activating group) is 1. The molecular weight excluding hydrogens is 326 g/mol. The summed E-state index contributed by atoms with van der Waals surface area (Å²) in [7, 11) is 2.04. The molecule has 0 radical (unpaired) electrons. The van der Waals surface area contributed by atoms with Crippen LogP contribution in [-0.2, 0) is 9.53 Å². The van der Waals surface area contributed by atoms with Crippen LogP contribution in [0.25, 0.3) is 0 Å². The fourth-order valence-electron chi connectivity index (χ4n) is 3.22. The predicted molar refractivity (Wildman–Crippen MR) is 96.8 cm³/mol. The van der Waals surface area contributed by atoms with E-state index in [1.54, 1.807) is 17.0 Å². The summed E-state index contributed by atoms with van der Waals surface area (Å²) in [5.41, 5.74) is 0.777. The Labute approximate surface area is 149 Å². The van der Waals surface area contributed by atoms with Crippen LogP contribution in [0.1, 0.15) is 13.8 Å². The number of carbonyl (C=O) groups excluding carboxylic acids is 1. The zero-order valence-electron chi connectivity index (χ0n) is 14.9. The molecular formula is C18H30ClN3O2+2. The number of benzene rings is 1. The Morgan fingerprint density at radius 3 is 2.79 bits per heavy atom. The third-order valence-corrected chi connectivity index (χ3v) is 4.44. The van der Waals surface area contributed by atoms with E-state index < -0.39 is 0 Å². The van der Waals surface area contributed by atoms with Crippen LogP contribution in [0, 0.1) is 5.92 Å². The Hall–Kier alpha value is -1.14. The van der Waals surface area contributed by atoms with Crippen molar-refractivity contribution in [1.29, 1.82) is 0 Å². The lowest BCUT2D eigenvalue weighted by Crippen LogP contribution is -3.18. The van der Waals surface area contributed by atoms with Crippen LogP contribution in [-0.4, -0.2) is 58.4 Å². The summed E-state index contributed by atoms with van der Waals surface area (Å²) in [6, 6.07) is 7.17. The van der Waals surface area contributed by atoms with Crippen molar-refractivity contribution < 1.29 is 19.3 Å². The van der Waals surface area contributed by atoms with Gasteiger partial charge < -0.3 is 19.9 Å². The molecule has 1 heterocycles. The number of nitrogens with one attached hydrogen (secondary N) is 3. The summed E-state index contributed by atoms with van der Waals surface area (Å²) in [6.07, 6.45) is 0.232. The monoisotopic (exact) mass is 355 g/mol. The number of quaternary nitrogens is 2. The SMILES string of the molecule is CC(C)C[NH+]1CCO[C@H](C[NH+](C)CC(=O)Nc2ccc(Cl)cc2)C1. The number of morpholine rings is 1. The quantitative estimate of drug-likeness (QED) is 0.631. The van der Waals surface area contributed by atoms with Gasteiger partial charge in [-0.1, -0.05) is 25.4 Å². The molecule has 3 atom stereocenters. The minimum Gasteiger partial charge on any atom is -0.361 e. The molecule has 134 valence electrons. The summed E-state index contributed by atoms with van der Waals surface area (Å²) in [6.45, 7) is 9.94. The molecule has 0 spiro atoms. The predicted octanol–water partition coefficient (Wildman–Crippen LogP) is -0.267.